The quantitative estimate of drug-likeness (QED) is 0.833. The predicted molar refractivity (Wildman–Crippen MR) is 80.5 cm³/mol. The smallest absolute Gasteiger partial charge is 0.248 e. The van der Waals surface area contributed by atoms with E-state index in [4.69, 9.17) is 0 Å². The molecule has 1 aliphatic rings. The molecular weight excluding hydrogens is 287 g/mol. The van der Waals surface area contributed by atoms with Gasteiger partial charge in [0.15, 0.2) is 0 Å². The maximum Gasteiger partial charge on any atom is 0.248 e. The van der Waals surface area contributed by atoms with Gasteiger partial charge in [0.2, 0.25) is 11.8 Å². The van der Waals surface area contributed by atoms with E-state index in [1.54, 1.807) is 0 Å². The lowest BCUT2D eigenvalue weighted by molar-refractivity contribution is -0.130. The minimum atomic E-state index is -0.529. The molecule has 0 saturated carbocycles. The van der Waals surface area contributed by atoms with Crippen LogP contribution in [0.15, 0.2) is 36.4 Å². The van der Waals surface area contributed by atoms with E-state index in [9.17, 15) is 19.1 Å². The number of hydrogen-bond donors (Lipinski definition) is 2. The molecule has 1 aliphatic heterocycles. The van der Waals surface area contributed by atoms with Gasteiger partial charge in [-0.15, -0.1) is 0 Å². The second-order valence-electron chi connectivity index (χ2n) is 5.45. The van der Waals surface area contributed by atoms with E-state index in [1.807, 2.05) is 6.92 Å². The summed E-state index contributed by atoms with van der Waals surface area (Å²) in [6.07, 6.45) is 2.53. The van der Waals surface area contributed by atoms with E-state index in [0.29, 0.717) is 12.2 Å². The van der Waals surface area contributed by atoms with Gasteiger partial charge in [-0.25, -0.2) is 4.39 Å². The number of carbonyl (C=O) groups is 2. The number of hydrogen-bond acceptors (Lipinski definition) is 3. The first-order valence-electron chi connectivity index (χ1n) is 7.17. The Labute approximate surface area is 128 Å². The van der Waals surface area contributed by atoms with Crippen molar-refractivity contribution in [3.8, 4) is 0 Å². The Morgan fingerprint density at radius 2 is 2.00 bits per heavy atom. The molecule has 5 nitrogen and oxygen atoms in total. The van der Waals surface area contributed by atoms with Crippen LogP contribution in [0.4, 0.5) is 10.1 Å². The Kier molecular flexibility index (Phi) is 5.27. The maximum absolute atomic E-state index is 12.7. The largest absolute Gasteiger partial charge is 0.391 e. The minimum absolute atomic E-state index is 0.176. The number of β-amino-alcohol motifs (C(OH)–C–C–N with tert-alkyl or cyclic N) is 1. The summed E-state index contributed by atoms with van der Waals surface area (Å²) in [4.78, 5) is 25.2. The van der Waals surface area contributed by atoms with Gasteiger partial charge in [0, 0.05) is 30.9 Å². The first kappa shape index (κ1) is 16.2. The van der Waals surface area contributed by atoms with Crippen molar-refractivity contribution in [1.82, 2.24) is 4.90 Å². The van der Waals surface area contributed by atoms with E-state index in [-0.39, 0.29) is 24.2 Å². The molecule has 6 heteroatoms. The molecule has 2 atom stereocenters. The van der Waals surface area contributed by atoms with Crippen LogP contribution in [0.5, 0.6) is 0 Å². The summed E-state index contributed by atoms with van der Waals surface area (Å²) < 4.78 is 12.7. The SMILES string of the molecule is CC1CCN(C(=O)/C=C/C(=O)Nc2ccc(F)cc2)CC1O. The number of aliphatic hydroxyl groups excluding tert-OH is 1. The van der Waals surface area contributed by atoms with E-state index >= 15 is 0 Å². The van der Waals surface area contributed by atoms with Crippen molar-refractivity contribution in [3.05, 3.63) is 42.2 Å². The minimum Gasteiger partial charge on any atom is -0.391 e. The molecule has 2 amide bonds. The van der Waals surface area contributed by atoms with Crippen LogP contribution in [0.3, 0.4) is 0 Å². The second kappa shape index (κ2) is 7.17. The molecule has 1 fully saturated rings. The van der Waals surface area contributed by atoms with E-state index in [1.165, 1.54) is 35.2 Å². The molecule has 0 radical (unpaired) electrons. The number of carbonyl (C=O) groups excluding carboxylic acids is 2. The van der Waals surface area contributed by atoms with Gasteiger partial charge in [-0.2, -0.15) is 0 Å². The van der Waals surface area contributed by atoms with Gasteiger partial charge in [-0.05, 0) is 36.6 Å². The van der Waals surface area contributed by atoms with Crippen molar-refractivity contribution in [2.24, 2.45) is 5.92 Å². The fourth-order valence-corrected chi connectivity index (χ4v) is 2.22. The highest BCUT2D eigenvalue weighted by molar-refractivity contribution is 6.03. The lowest BCUT2D eigenvalue weighted by Crippen LogP contribution is -2.45. The van der Waals surface area contributed by atoms with Gasteiger partial charge >= 0.3 is 0 Å². The van der Waals surface area contributed by atoms with Crippen molar-refractivity contribution < 1.29 is 19.1 Å². The van der Waals surface area contributed by atoms with Crippen LogP contribution in [0.2, 0.25) is 0 Å². The lowest BCUT2D eigenvalue weighted by Gasteiger charge is -2.33. The van der Waals surface area contributed by atoms with E-state index < -0.39 is 12.0 Å². The highest BCUT2D eigenvalue weighted by atomic mass is 19.1. The molecule has 0 bridgehead atoms. The summed E-state index contributed by atoms with van der Waals surface area (Å²) in [5, 5.41) is 12.3. The van der Waals surface area contributed by atoms with Gasteiger partial charge in [0.1, 0.15) is 5.82 Å². The fraction of sp³-hybridized carbons (Fsp3) is 0.375. The number of nitrogens with zero attached hydrogens (tertiary/aromatic N) is 1. The van der Waals surface area contributed by atoms with Gasteiger partial charge in [-0.1, -0.05) is 6.92 Å². The van der Waals surface area contributed by atoms with Crippen LogP contribution in [-0.4, -0.2) is 41.0 Å². The van der Waals surface area contributed by atoms with Crippen molar-refractivity contribution in [2.45, 2.75) is 19.4 Å². The van der Waals surface area contributed by atoms with Crippen LogP contribution in [0.25, 0.3) is 0 Å². The molecule has 0 aliphatic carbocycles. The Bertz CT molecular complexity index is 571. The molecule has 0 spiro atoms. The fourth-order valence-electron chi connectivity index (χ4n) is 2.22. The van der Waals surface area contributed by atoms with Crippen LogP contribution < -0.4 is 5.32 Å². The van der Waals surface area contributed by atoms with Gasteiger partial charge < -0.3 is 15.3 Å². The summed E-state index contributed by atoms with van der Waals surface area (Å²) in [6.45, 7) is 2.80. The summed E-state index contributed by atoms with van der Waals surface area (Å²) in [5.41, 5.74) is 0.450. The average molecular weight is 306 g/mol. The molecule has 1 aromatic carbocycles. The average Bonchev–Trinajstić information content (AvgIpc) is 2.50. The molecule has 1 heterocycles. The zero-order valence-corrected chi connectivity index (χ0v) is 12.3. The lowest BCUT2D eigenvalue weighted by atomic mass is 9.96. The third-order valence-corrected chi connectivity index (χ3v) is 3.72. The Morgan fingerprint density at radius 3 is 2.64 bits per heavy atom. The van der Waals surface area contributed by atoms with Gasteiger partial charge in [0.05, 0.1) is 6.10 Å². The second-order valence-corrected chi connectivity index (χ2v) is 5.45. The molecule has 2 N–H and O–H groups in total. The highest BCUT2D eigenvalue weighted by Crippen LogP contribution is 2.17. The first-order chi connectivity index (χ1) is 10.5. The number of benzene rings is 1. The molecule has 22 heavy (non-hydrogen) atoms. The van der Waals surface area contributed by atoms with Crippen LogP contribution in [0, 0.1) is 11.7 Å². The van der Waals surface area contributed by atoms with Crippen molar-refractivity contribution in [1.29, 1.82) is 0 Å². The molecule has 2 unspecified atom stereocenters. The zero-order valence-electron chi connectivity index (χ0n) is 12.3. The van der Waals surface area contributed by atoms with Gasteiger partial charge in [0.25, 0.3) is 0 Å². The summed E-state index contributed by atoms with van der Waals surface area (Å²) in [6, 6.07) is 5.35. The van der Waals surface area contributed by atoms with Crippen LogP contribution in [0.1, 0.15) is 13.3 Å². The van der Waals surface area contributed by atoms with E-state index in [0.717, 1.165) is 12.5 Å². The number of anilines is 1. The van der Waals surface area contributed by atoms with Crippen LogP contribution >= 0.6 is 0 Å². The summed E-state index contributed by atoms with van der Waals surface area (Å²) in [7, 11) is 0. The number of rotatable bonds is 3. The standard InChI is InChI=1S/C16H19FN2O3/c1-11-8-9-19(10-14(11)20)16(22)7-6-15(21)18-13-4-2-12(17)3-5-13/h2-7,11,14,20H,8-10H2,1H3,(H,18,21)/b7-6+. The van der Waals surface area contributed by atoms with Crippen LogP contribution in [-0.2, 0) is 9.59 Å². The van der Waals surface area contributed by atoms with Crippen molar-refractivity contribution in [2.75, 3.05) is 18.4 Å². The molecular formula is C16H19FN2O3. The number of piperidine rings is 1. The molecule has 2 rings (SSSR count). The van der Waals surface area contributed by atoms with E-state index in [2.05, 4.69) is 5.32 Å². The number of likely N-dealkylation sites (tertiary alicyclic amines) is 1. The summed E-state index contributed by atoms with van der Waals surface area (Å²) in [5.74, 6) is -0.984. The van der Waals surface area contributed by atoms with Crippen molar-refractivity contribution >= 4 is 17.5 Å². The summed E-state index contributed by atoms with van der Waals surface area (Å²) >= 11 is 0. The number of halogens is 1. The number of aliphatic hydroxyl groups is 1. The highest BCUT2D eigenvalue weighted by Gasteiger charge is 2.26. The predicted octanol–water partition coefficient (Wildman–Crippen LogP) is 1.55. The topological polar surface area (TPSA) is 69.6 Å². The number of nitrogens with one attached hydrogen (secondary N) is 1. The van der Waals surface area contributed by atoms with Gasteiger partial charge in [-0.3, -0.25) is 9.59 Å². The third-order valence-electron chi connectivity index (χ3n) is 3.72. The normalized spacial score (nSPS) is 21.9. The number of amides is 2. The monoisotopic (exact) mass is 306 g/mol. The molecule has 0 aromatic heterocycles. The molecule has 1 saturated heterocycles. The van der Waals surface area contributed by atoms with Crippen molar-refractivity contribution in [3.63, 3.8) is 0 Å². The molecule has 118 valence electrons. The molecule has 1 aromatic rings. The first-order valence-corrected chi connectivity index (χ1v) is 7.17. The Hall–Kier alpha value is -2.21. The Morgan fingerprint density at radius 1 is 1.32 bits per heavy atom. The zero-order chi connectivity index (χ0) is 16.1. The third kappa shape index (κ3) is 4.39. The Balaban J connectivity index is 1.86. The maximum atomic E-state index is 12.7.